The molecule has 1 aliphatic carbocycles. The van der Waals surface area contributed by atoms with Gasteiger partial charge in [0.2, 0.25) is 0 Å². The lowest BCUT2D eigenvalue weighted by Crippen LogP contribution is -2.21. The van der Waals surface area contributed by atoms with Gasteiger partial charge in [0.1, 0.15) is 0 Å². The molecule has 2 nitrogen and oxygen atoms in total. The summed E-state index contributed by atoms with van der Waals surface area (Å²) in [6, 6.07) is 0. The Morgan fingerprint density at radius 1 is 1.62 bits per heavy atom. The van der Waals surface area contributed by atoms with Crippen LogP contribution in [-0.4, -0.2) is 22.9 Å². The predicted molar refractivity (Wildman–Crippen MR) is 30.4 cm³/mol. The van der Waals surface area contributed by atoms with Gasteiger partial charge < -0.3 is 10.2 Å². The normalized spacial score (nSPS) is 27.4. The van der Waals surface area contributed by atoms with E-state index in [0.717, 1.165) is 12.8 Å². The minimum atomic E-state index is -0.326. The maximum atomic E-state index is 8.98. The summed E-state index contributed by atoms with van der Waals surface area (Å²) in [5.74, 6) is 0. The molecule has 48 valence electrons. The van der Waals surface area contributed by atoms with Crippen molar-refractivity contribution >= 4 is 0 Å². The topological polar surface area (TPSA) is 40.5 Å². The van der Waals surface area contributed by atoms with E-state index in [1.54, 1.807) is 6.92 Å². The Kier molecular flexibility index (Phi) is 1.29. The Bertz CT molecular complexity index is 84.5. The Hall–Kier alpha value is -0.0800. The number of hydrogen-bond donors (Lipinski definition) is 2. The highest BCUT2D eigenvalue weighted by atomic mass is 16.3. The first-order valence-corrected chi connectivity index (χ1v) is 3.00. The summed E-state index contributed by atoms with van der Waals surface area (Å²) in [4.78, 5) is 0. The molecule has 8 heavy (non-hydrogen) atoms. The van der Waals surface area contributed by atoms with Gasteiger partial charge in [-0.1, -0.05) is 0 Å². The van der Waals surface area contributed by atoms with E-state index in [4.69, 9.17) is 10.2 Å². The fourth-order valence-electron chi connectivity index (χ4n) is 0.869. The van der Waals surface area contributed by atoms with E-state index >= 15 is 0 Å². The van der Waals surface area contributed by atoms with E-state index < -0.39 is 0 Å². The molecule has 0 spiro atoms. The summed E-state index contributed by atoms with van der Waals surface area (Å²) in [7, 11) is 0. The lowest BCUT2D eigenvalue weighted by Gasteiger charge is -2.13. The van der Waals surface area contributed by atoms with Gasteiger partial charge in [-0.05, 0) is 19.8 Å². The highest BCUT2D eigenvalue weighted by Gasteiger charge is 2.46. The molecular formula is C6H12O2. The van der Waals surface area contributed by atoms with Gasteiger partial charge in [0.15, 0.2) is 0 Å². The van der Waals surface area contributed by atoms with Gasteiger partial charge in [0, 0.05) is 5.41 Å². The molecule has 0 amide bonds. The number of rotatable bonds is 2. The van der Waals surface area contributed by atoms with E-state index in [-0.39, 0.29) is 18.1 Å². The highest BCUT2D eigenvalue weighted by molar-refractivity contribution is 4.96. The minimum Gasteiger partial charge on any atom is -0.396 e. The monoisotopic (exact) mass is 116 g/mol. The molecule has 0 radical (unpaired) electrons. The minimum absolute atomic E-state index is 0.0972. The number of aliphatic hydroxyl groups excluding tert-OH is 2. The second-order valence-electron chi connectivity index (χ2n) is 2.70. The van der Waals surface area contributed by atoms with Crippen LogP contribution in [0.3, 0.4) is 0 Å². The Labute approximate surface area is 49.1 Å². The first-order chi connectivity index (χ1) is 3.71. The molecule has 1 aliphatic rings. The Morgan fingerprint density at radius 3 is 2.12 bits per heavy atom. The molecule has 0 bridgehead atoms. The second-order valence-corrected chi connectivity index (χ2v) is 2.70. The fourth-order valence-corrected chi connectivity index (χ4v) is 0.869. The molecule has 0 aromatic rings. The standard InChI is InChI=1S/C6H12O2/c1-5(8)6(4-7)2-3-6/h5,7-8H,2-4H2,1H3/t5-/m0/s1. The van der Waals surface area contributed by atoms with Crippen LogP contribution in [0.5, 0.6) is 0 Å². The van der Waals surface area contributed by atoms with E-state index in [1.165, 1.54) is 0 Å². The average Bonchev–Trinajstić information content (AvgIpc) is 2.44. The van der Waals surface area contributed by atoms with Crippen LogP contribution in [0.2, 0.25) is 0 Å². The summed E-state index contributed by atoms with van der Waals surface area (Å²) >= 11 is 0. The molecule has 0 aromatic heterocycles. The molecule has 1 fully saturated rings. The molecule has 0 aromatic carbocycles. The number of hydrogen-bond acceptors (Lipinski definition) is 2. The van der Waals surface area contributed by atoms with Gasteiger partial charge in [-0.2, -0.15) is 0 Å². The maximum Gasteiger partial charge on any atom is 0.0590 e. The van der Waals surface area contributed by atoms with E-state index in [9.17, 15) is 0 Å². The van der Waals surface area contributed by atoms with Crippen molar-refractivity contribution in [3.63, 3.8) is 0 Å². The van der Waals surface area contributed by atoms with Crippen LogP contribution < -0.4 is 0 Å². The fraction of sp³-hybridized carbons (Fsp3) is 1.00. The highest BCUT2D eigenvalue weighted by Crippen LogP contribution is 2.47. The third-order valence-electron chi connectivity index (χ3n) is 2.09. The van der Waals surface area contributed by atoms with Gasteiger partial charge in [0.05, 0.1) is 12.7 Å². The Balaban J connectivity index is 2.41. The van der Waals surface area contributed by atoms with Crippen LogP contribution in [0.15, 0.2) is 0 Å². The largest absolute Gasteiger partial charge is 0.396 e. The van der Waals surface area contributed by atoms with Crippen molar-refractivity contribution in [1.82, 2.24) is 0 Å². The van der Waals surface area contributed by atoms with Crippen LogP contribution in [-0.2, 0) is 0 Å². The summed E-state index contributed by atoms with van der Waals surface area (Å²) in [6.45, 7) is 1.88. The number of aliphatic hydroxyl groups is 2. The van der Waals surface area contributed by atoms with Crippen molar-refractivity contribution in [2.45, 2.75) is 25.9 Å². The summed E-state index contributed by atoms with van der Waals surface area (Å²) in [6.07, 6.45) is 1.65. The van der Waals surface area contributed by atoms with Crippen LogP contribution in [0.4, 0.5) is 0 Å². The van der Waals surface area contributed by atoms with Gasteiger partial charge in [0.25, 0.3) is 0 Å². The van der Waals surface area contributed by atoms with E-state index in [1.807, 2.05) is 0 Å². The molecule has 0 aliphatic heterocycles. The maximum absolute atomic E-state index is 8.98. The molecule has 0 unspecified atom stereocenters. The zero-order valence-electron chi connectivity index (χ0n) is 5.09. The van der Waals surface area contributed by atoms with Gasteiger partial charge in [-0.3, -0.25) is 0 Å². The molecule has 1 rings (SSSR count). The second kappa shape index (κ2) is 1.71. The van der Waals surface area contributed by atoms with Crippen molar-refractivity contribution < 1.29 is 10.2 Å². The van der Waals surface area contributed by atoms with E-state index in [2.05, 4.69) is 0 Å². The quantitative estimate of drug-likeness (QED) is 0.538. The lowest BCUT2D eigenvalue weighted by atomic mass is 10.0. The third-order valence-corrected chi connectivity index (χ3v) is 2.09. The lowest BCUT2D eigenvalue weighted by molar-refractivity contribution is 0.0644. The molecule has 1 atom stereocenters. The molecule has 1 saturated carbocycles. The van der Waals surface area contributed by atoms with Crippen LogP contribution in [0.25, 0.3) is 0 Å². The first-order valence-electron chi connectivity index (χ1n) is 3.00. The van der Waals surface area contributed by atoms with Gasteiger partial charge in [-0.25, -0.2) is 0 Å². The molecular weight excluding hydrogens is 104 g/mol. The SMILES string of the molecule is C[C@H](O)C1(CO)CC1. The zero-order chi connectivity index (χ0) is 6.20. The zero-order valence-corrected chi connectivity index (χ0v) is 5.09. The predicted octanol–water partition coefficient (Wildman–Crippen LogP) is 0.140. The van der Waals surface area contributed by atoms with Crippen molar-refractivity contribution in [2.75, 3.05) is 6.61 Å². The van der Waals surface area contributed by atoms with Crippen LogP contribution in [0, 0.1) is 5.41 Å². The first kappa shape index (κ1) is 6.05. The van der Waals surface area contributed by atoms with E-state index in [0.29, 0.717) is 0 Å². The Morgan fingerprint density at radius 2 is 2.12 bits per heavy atom. The van der Waals surface area contributed by atoms with Crippen LogP contribution in [0.1, 0.15) is 19.8 Å². The third kappa shape index (κ3) is 0.740. The molecule has 0 heterocycles. The summed E-state index contributed by atoms with van der Waals surface area (Å²) < 4.78 is 0. The van der Waals surface area contributed by atoms with Crippen molar-refractivity contribution in [3.8, 4) is 0 Å². The van der Waals surface area contributed by atoms with Crippen LogP contribution >= 0.6 is 0 Å². The van der Waals surface area contributed by atoms with Gasteiger partial charge >= 0.3 is 0 Å². The smallest absolute Gasteiger partial charge is 0.0590 e. The summed E-state index contributed by atoms with van der Waals surface area (Å²) in [5, 5.41) is 17.6. The summed E-state index contributed by atoms with van der Waals surface area (Å²) in [5.41, 5.74) is -0.0972. The van der Waals surface area contributed by atoms with Crippen molar-refractivity contribution in [3.05, 3.63) is 0 Å². The molecule has 2 heteroatoms. The van der Waals surface area contributed by atoms with Crippen molar-refractivity contribution in [1.29, 1.82) is 0 Å². The average molecular weight is 116 g/mol. The van der Waals surface area contributed by atoms with Gasteiger partial charge in [-0.15, -0.1) is 0 Å². The molecule has 0 saturated heterocycles. The molecule has 2 N–H and O–H groups in total. The van der Waals surface area contributed by atoms with Crippen molar-refractivity contribution in [2.24, 2.45) is 5.41 Å².